The lowest BCUT2D eigenvalue weighted by Gasteiger charge is -2.51. The third-order valence-corrected chi connectivity index (χ3v) is 8.65. The lowest BCUT2D eigenvalue weighted by molar-refractivity contribution is -0.173. The van der Waals surface area contributed by atoms with E-state index >= 15 is 0 Å². The number of carbonyl (C=O) groups is 1. The van der Waals surface area contributed by atoms with Crippen LogP contribution < -0.4 is 0 Å². The van der Waals surface area contributed by atoms with Gasteiger partial charge < -0.3 is 9.84 Å². The Morgan fingerprint density at radius 2 is 1.64 bits per heavy atom. The predicted molar refractivity (Wildman–Crippen MR) is 143 cm³/mol. The zero-order chi connectivity index (χ0) is 25.3. The van der Waals surface area contributed by atoms with Gasteiger partial charge in [-0.2, -0.15) is 0 Å². The molecule has 0 bridgehead atoms. The van der Waals surface area contributed by atoms with E-state index in [1.54, 1.807) is 0 Å². The fourth-order valence-electron chi connectivity index (χ4n) is 6.84. The van der Waals surface area contributed by atoms with Crippen LogP contribution in [0.15, 0.2) is 84.9 Å². The van der Waals surface area contributed by atoms with E-state index in [-0.39, 0.29) is 17.8 Å². The van der Waals surface area contributed by atoms with Crippen molar-refractivity contribution in [3.8, 4) is 0 Å². The summed E-state index contributed by atoms with van der Waals surface area (Å²) in [6.45, 7) is 6.28. The van der Waals surface area contributed by atoms with Gasteiger partial charge in [-0.25, -0.2) is 0 Å². The molecule has 1 heterocycles. The lowest BCUT2D eigenvalue weighted by atomic mass is 9.53. The van der Waals surface area contributed by atoms with Crippen molar-refractivity contribution in [1.29, 1.82) is 0 Å². The molecule has 1 saturated heterocycles. The zero-order valence-corrected chi connectivity index (χ0v) is 21.6. The number of esters is 1. The lowest BCUT2D eigenvalue weighted by Crippen LogP contribution is -2.56. The van der Waals surface area contributed by atoms with Crippen molar-refractivity contribution >= 4 is 5.97 Å². The van der Waals surface area contributed by atoms with Crippen LogP contribution in [-0.4, -0.2) is 36.2 Å². The highest BCUT2D eigenvalue weighted by molar-refractivity contribution is 5.80. The largest absolute Gasteiger partial charge is 0.469 e. The van der Waals surface area contributed by atoms with Gasteiger partial charge in [-0.15, -0.1) is 0 Å². The number of benzene rings is 3. The molecule has 3 aromatic carbocycles. The van der Waals surface area contributed by atoms with Crippen molar-refractivity contribution in [2.45, 2.75) is 50.7 Å². The quantitative estimate of drug-likeness (QED) is 0.446. The van der Waals surface area contributed by atoms with E-state index in [4.69, 9.17) is 4.74 Å². The Kier molecular flexibility index (Phi) is 6.76. The Bertz CT molecular complexity index is 1180. The number of hydrogen-bond acceptors (Lipinski definition) is 4. The Morgan fingerprint density at radius 1 is 1.00 bits per heavy atom. The number of carbonyl (C=O) groups excluding carboxylic acids is 1. The second-order valence-electron chi connectivity index (χ2n) is 10.9. The minimum atomic E-state index is -1.11. The molecule has 3 aromatic rings. The maximum absolute atomic E-state index is 13.9. The summed E-state index contributed by atoms with van der Waals surface area (Å²) in [6.07, 6.45) is 1.33. The van der Waals surface area contributed by atoms with E-state index in [1.165, 1.54) is 18.2 Å². The normalized spacial score (nSPS) is 28.1. The molecule has 0 amide bonds. The maximum Gasteiger partial charge on any atom is 0.314 e. The highest BCUT2D eigenvalue weighted by Crippen LogP contribution is 2.61. The van der Waals surface area contributed by atoms with Crippen LogP contribution in [0.5, 0.6) is 0 Å². The molecule has 2 aliphatic rings. The zero-order valence-electron chi connectivity index (χ0n) is 21.6. The number of aliphatic hydroxyl groups is 1. The molecule has 0 spiro atoms. The molecule has 5 rings (SSSR count). The van der Waals surface area contributed by atoms with Crippen molar-refractivity contribution in [1.82, 2.24) is 4.90 Å². The molecule has 1 aliphatic carbocycles. The first kappa shape index (κ1) is 24.7. The molecule has 4 heteroatoms. The van der Waals surface area contributed by atoms with Gasteiger partial charge in [0.1, 0.15) is 0 Å². The second-order valence-corrected chi connectivity index (χ2v) is 10.9. The van der Waals surface area contributed by atoms with Crippen molar-refractivity contribution in [2.75, 3.05) is 20.2 Å². The van der Waals surface area contributed by atoms with E-state index in [0.29, 0.717) is 25.4 Å². The number of hydrogen-bond donors (Lipinski definition) is 1. The third kappa shape index (κ3) is 4.16. The van der Waals surface area contributed by atoms with Gasteiger partial charge in [0.2, 0.25) is 0 Å². The van der Waals surface area contributed by atoms with Crippen molar-refractivity contribution in [3.63, 3.8) is 0 Å². The molecule has 4 atom stereocenters. The van der Waals surface area contributed by atoms with Crippen LogP contribution in [0, 0.1) is 11.3 Å². The van der Waals surface area contributed by atoms with Gasteiger partial charge in [0.15, 0.2) is 0 Å². The minimum absolute atomic E-state index is 0.0212. The molecular formula is C32H37NO3. The van der Waals surface area contributed by atoms with E-state index in [1.807, 2.05) is 36.4 Å². The summed E-state index contributed by atoms with van der Waals surface area (Å²) >= 11 is 0. The standard InChI is InChI=1S/C32H37NO3/c1-23(2)25-14-16-27(17-15-25)32(35)19-18-28(26-12-8-5-9-13-26)31(30(34)36-3)22-33(21-29(31)32)20-24-10-6-4-7-11-24/h4-17,23,28-29,35H,18-22H2,1-3H3. The average Bonchev–Trinajstić information content (AvgIpc) is 3.31. The molecule has 4 nitrogen and oxygen atoms in total. The van der Waals surface area contributed by atoms with Gasteiger partial charge in [-0.1, -0.05) is 98.8 Å². The Hall–Kier alpha value is -2.95. The van der Waals surface area contributed by atoms with E-state index < -0.39 is 11.0 Å². The number of likely N-dealkylation sites (tertiary alicyclic amines) is 1. The van der Waals surface area contributed by atoms with Crippen LogP contribution in [-0.2, 0) is 21.7 Å². The summed E-state index contributed by atoms with van der Waals surface area (Å²) in [5, 5.41) is 12.5. The first-order valence-corrected chi connectivity index (χ1v) is 13.1. The summed E-state index contributed by atoms with van der Waals surface area (Å²) in [5.74, 6) is -0.101. The summed E-state index contributed by atoms with van der Waals surface area (Å²) in [5.41, 5.74) is 2.55. The average molecular weight is 484 g/mol. The molecule has 188 valence electrons. The monoisotopic (exact) mass is 483 g/mol. The SMILES string of the molecule is COC(=O)C12CN(Cc3ccccc3)CC1C(O)(c1ccc(C(C)C)cc1)CCC2c1ccccc1. The molecule has 36 heavy (non-hydrogen) atoms. The smallest absolute Gasteiger partial charge is 0.314 e. The molecule has 1 aliphatic heterocycles. The van der Waals surface area contributed by atoms with Gasteiger partial charge in [0, 0.05) is 31.5 Å². The summed E-state index contributed by atoms with van der Waals surface area (Å²) in [7, 11) is 1.49. The van der Waals surface area contributed by atoms with Crippen LogP contribution in [0.2, 0.25) is 0 Å². The summed E-state index contributed by atoms with van der Waals surface area (Å²) < 4.78 is 5.55. The van der Waals surface area contributed by atoms with Crippen LogP contribution in [0.25, 0.3) is 0 Å². The molecule has 0 aromatic heterocycles. The Morgan fingerprint density at radius 3 is 2.25 bits per heavy atom. The van der Waals surface area contributed by atoms with E-state index in [9.17, 15) is 9.90 Å². The van der Waals surface area contributed by atoms with Crippen molar-refractivity contribution < 1.29 is 14.6 Å². The maximum atomic E-state index is 13.9. The van der Waals surface area contributed by atoms with E-state index in [0.717, 1.165) is 24.1 Å². The minimum Gasteiger partial charge on any atom is -0.469 e. The Labute approximate surface area is 214 Å². The number of rotatable bonds is 6. The number of nitrogens with zero attached hydrogens (tertiary/aromatic N) is 1. The van der Waals surface area contributed by atoms with Crippen LogP contribution in [0.3, 0.4) is 0 Å². The predicted octanol–water partition coefficient (Wildman–Crippen LogP) is 5.87. The molecular weight excluding hydrogens is 446 g/mol. The highest BCUT2D eigenvalue weighted by atomic mass is 16.5. The van der Waals surface area contributed by atoms with Gasteiger partial charge >= 0.3 is 5.97 Å². The van der Waals surface area contributed by atoms with Crippen LogP contribution in [0.1, 0.15) is 60.8 Å². The molecule has 4 unspecified atom stereocenters. The molecule has 1 N–H and O–H groups in total. The topological polar surface area (TPSA) is 49.8 Å². The van der Waals surface area contributed by atoms with Crippen molar-refractivity contribution in [2.24, 2.45) is 11.3 Å². The third-order valence-electron chi connectivity index (χ3n) is 8.65. The van der Waals surface area contributed by atoms with Gasteiger partial charge in [-0.05, 0) is 41.0 Å². The fourth-order valence-corrected chi connectivity index (χ4v) is 6.84. The highest BCUT2D eigenvalue weighted by Gasteiger charge is 2.66. The fraction of sp³-hybridized carbons (Fsp3) is 0.406. The first-order valence-electron chi connectivity index (χ1n) is 13.1. The Balaban J connectivity index is 1.61. The van der Waals surface area contributed by atoms with Gasteiger partial charge in [-0.3, -0.25) is 9.69 Å². The van der Waals surface area contributed by atoms with E-state index in [2.05, 4.69) is 67.3 Å². The summed E-state index contributed by atoms with van der Waals surface area (Å²) in [6, 6.07) is 29.1. The number of ether oxygens (including phenoxy) is 1. The summed E-state index contributed by atoms with van der Waals surface area (Å²) in [4.78, 5) is 16.2. The van der Waals surface area contributed by atoms with Crippen LogP contribution in [0.4, 0.5) is 0 Å². The first-order chi connectivity index (χ1) is 17.4. The molecule has 1 saturated carbocycles. The molecule has 0 radical (unpaired) electrons. The van der Waals surface area contributed by atoms with Gasteiger partial charge in [0.25, 0.3) is 0 Å². The number of methoxy groups -OCH3 is 1. The van der Waals surface area contributed by atoms with Crippen molar-refractivity contribution in [3.05, 3.63) is 107 Å². The second kappa shape index (κ2) is 9.84. The van der Waals surface area contributed by atoms with Gasteiger partial charge in [0.05, 0.1) is 18.1 Å². The molecule has 2 fully saturated rings. The van der Waals surface area contributed by atoms with Crippen LogP contribution >= 0.6 is 0 Å². The number of fused-ring (bicyclic) bond motifs is 1.